The number of carboxylic acid groups (broad SMARTS) is 1. The van der Waals surface area contributed by atoms with Crippen molar-refractivity contribution in [1.29, 1.82) is 0 Å². The summed E-state index contributed by atoms with van der Waals surface area (Å²) in [4.78, 5) is 24.9. The molecule has 0 aromatic heterocycles. The van der Waals surface area contributed by atoms with E-state index in [0.29, 0.717) is 13.0 Å². The number of nitrogens with one attached hydrogen (secondary N) is 1. The molecule has 0 rings (SSSR count). The number of hydrogen-bond donors (Lipinski definition) is 2. The van der Waals surface area contributed by atoms with Crippen LogP contribution >= 0.6 is 0 Å². The standard InChI is InChI=1S/C13H26N2O3/c1-6-9(4)11(12(16)17)14-13(18)15(8-3)10(5)7-2/h9-11H,6-8H2,1-5H3,(H,14,18)(H,16,17). The highest BCUT2D eigenvalue weighted by Crippen LogP contribution is 2.10. The molecule has 3 atom stereocenters. The Morgan fingerprint density at radius 3 is 2.06 bits per heavy atom. The molecule has 0 aliphatic rings. The maximum Gasteiger partial charge on any atom is 0.326 e. The van der Waals surface area contributed by atoms with Gasteiger partial charge in [0.1, 0.15) is 6.04 Å². The number of nitrogens with zero attached hydrogens (tertiary/aromatic N) is 1. The van der Waals surface area contributed by atoms with Crippen molar-refractivity contribution < 1.29 is 14.7 Å². The van der Waals surface area contributed by atoms with E-state index in [1.807, 2.05) is 34.6 Å². The smallest absolute Gasteiger partial charge is 0.326 e. The first-order chi connectivity index (χ1) is 8.38. The summed E-state index contributed by atoms with van der Waals surface area (Å²) in [5, 5.41) is 11.8. The van der Waals surface area contributed by atoms with Crippen LogP contribution in [0.1, 0.15) is 47.5 Å². The van der Waals surface area contributed by atoms with Crippen LogP contribution < -0.4 is 5.32 Å². The number of carbonyl (C=O) groups excluding carboxylic acids is 1. The van der Waals surface area contributed by atoms with Gasteiger partial charge in [-0.3, -0.25) is 0 Å². The molecule has 0 aliphatic carbocycles. The normalized spacial score (nSPS) is 15.6. The van der Waals surface area contributed by atoms with E-state index >= 15 is 0 Å². The molecule has 0 heterocycles. The zero-order valence-corrected chi connectivity index (χ0v) is 12.1. The van der Waals surface area contributed by atoms with Crippen molar-refractivity contribution >= 4 is 12.0 Å². The van der Waals surface area contributed by atoms with Crippen LogP contribution in [0.4, 0.5) is 4.79 Å². The van der Waals surface area contributed by atoms with Crippen LogP contribution in [0.5, 0.6) is 0 Å². The third-order valence-corrected chi connectivity index (χ3v) is 3.48. The fourth-order valence-electron chi connectivity index (χ4n) is 1.77. The Morgan fingerprint density at radius 2 is 1.72 bits per heavy atom. The minimum absolute atomic E-state index is 0.0814. The number of carboxylic acids is 1. The Bertz CT molecular complexity index is 281. The van der Waals surface area contributed by atoms with Gasteiger partial charge in [-0.25, -0.2) is 9.59 Å². The lowest BCUT2D eigenvalue weighted by Gasteiger charge is -2.30. The average Bonchev–Trinajstić information content (AvgIpc) is 2.35. The maximum absolute atomic E-state index is 12.1. The van der Waals surface area contributed by atoms with E-state index in [4.69, 9.17) is 5.11 Å². The van der Waals surface area contributed by atoms with Gasteiger partial charge in [0, 0.05) is 12.6 Å². The van der Waals surface area contributed by atoms with Gasteiger partial charge in [0.2, 0.25) is 0 Å². The van der Waals surface area contributed by atoms with Crippen molar-refractivity contribution in [3.8, 4) is 0 Å². The molecule has 106 valence electrons. The van der Waals surface area contributed by atoms with Gasteiger partial charge in [-0.15, -0.1) is 0 Å². The molecule has 5 nitrogen and oxygen atoms in total. The average molecular weight is 258 g/mol. The largest absolute Gasteiger partial charge is 0.480 e. The Morgan fingerprint density at radius 1 is 1.17 bits per heavy atom. The molecule has 0 spiro atoms. The zero-order valence-electron chi connectivity index (χ0n) is 12.1. The van der Waals surface area contributed by atoms with Gasteiger partial charge in [-0.2, -0.15) is 0 Å². The van der Waals surface area contributed by atoms with Crippen LogP contribution in [0.2, 0.25) is 0 Å². The van der Waals surface area contributed by atoms with Gasteiger partial charge in [-0.1, -0.05) is 27.2 Å². The molecule has 0 fully saturated rings. The molecule has 0 saturated carbocycles. The molecule has 2 N–H and O–H groups in total. The molecule has 0 aromatic carbocycles. The summed E-state index contributed by atoms with van der Waals surface area (Å²) >= 11 is 0. The predicted octanol–water partition coefficient (Wildman–Crippen LogP) is 2.32. The van der Waals surface area contributed by atoms with Crippen molar-refractivity contribution in [2.24, 2.45) is 5.92 Å². The molecule has 0 saturated heterocycles. The summed E-state index contributed by atoms with van der Waals surface area (Å²) in [5.41, 5.74) is 0. The Hall–Kier alpha value is -1.26. The molecular weight excluding hydrogens is 232 g/mol. The summed E-state index contributed by atoms with van der Waals surface area (Å²) in [5.74, 6) is -1.06. The predicted molar refractivity (Wildman–Crippen MR) is 71.5 cm³/mol. The highest BCUT2D eigenvalue weighted by Gasteiger charge is 2.28. The van der Waals surface area contributed by atoms with Crippen LogP contribution in [-0.4, -0.2) is 40.6 Å². The van der Waals surface area contributed by atoms with Gasteiger partial charge in [-0.05, 0) is 26.2 Å². The lowest BCUT2D eigenvalue weighted by molar-refractivity contribution is -0.140. The fourth-order valence-corrected chi connectivity index (χ4v) is 1.77. The Balaban J connectivity index is 4.72. The van der Waals surface area contributed by atoms with E-state index in [0.717, 1.165) is 6.42 Å². The summed E-state index contributed by atoms with van der Waals surface area (Å²) in [6.07, 6.45) is 1.56. The quantitative estimate of drug-likeness (QED) is 0.736. The zero-order chi connectivity index (χ0) is 14.3. The van der Waals surface area contributed by atoms with E-state index in [9.17, 15) is 9.59 Å². The van der Waals surface area contributed by atoms with Gasteiger partial charge in [0.15, 0.2) is 0 Å². The van der Waals surface area contributed by atoms with E-state index in [1.54, 1.807) is 4.90 Å². The van der Waals surface area contributed by atoms with Crippen molar-refractivity contribution in [3.63, 3.8) is 0 Å². The monoisotopic (exact) mass is 258 g/mol. The molecule has 0 aliphatic heterocycles. The van der Waals surface area contributed by atoms with Crippen LogP contribution in [0.15, 0.2) is 0 Å². The van der Waals surface area contributed by atoms with Crippen molar-refractivity contribution in [1.82, 2.24) is 10.2 Å². The summed E-state index contributed by atoms with van der Waals surface area (Å²) < 4.78 is 0. The highest BCUT2D eigenvalue weighted by molar-refractivity contribution is 5.82. The minimum atomic E-state index is -0.974. The topological polar surface area (TPSA) is 69.6 Å². The lowest BCUT2D eigenvalue weighted by Crippen LogP contribution is -2.52. The number of urea groups is 1. The van der Waals surface area contributed by atoms with Crippen molar-refractivity contribution in [2.45, 2.75) is 59.5 Å². The number of amides is 2. The van der Waals surface area contributed by atoms with Gasteiger partial charge in [0.25, 0.3) is 0 Å². The van der Waals surface area contributed by atoms with Crippen LogP contribution in [0.25, 0.3) is 0 Å². The maximum atomic E-state index is 12.1. The second kappa shape index (κ2) is 7.95. The van der Waals surface area contributed by atoms with E-state index < -0.39 is 12.0 Å². The molecular formula is C13H26N2O3. The number of carbonyl (C=O) groups is 2. The summed E-state index contributed by atoms with van der Waals surface area (Å²) in [6.45, 7) is 10.2. The van der Waals surface area contributed by atoms with Crippen LogP contribution in [0.3, 0.4) is 0 Å². The fraction of sp³-hybridized carbons (Fsp3) is 0.846. The molecule has 5 heteroatoms. The molecule has 0 radical (unpaired) electrons. The Kier molecular flexibility index (Phi) is 7.39. The third kappa shape index (κ3) is 4.55. The van der Waals surface area contributed by atoms with Gasteiger partial charge >= 0.3 is 12.0 Å². The highest BCUT2D eigenvalue weighted by atomic mass is 16.4. The molecule has 3 unspecified atom stereocenters. The molecule has 2 amide bonds. The van der Waals surface area contributed by atoms with Crippen LogP contribution in [-0.2, 0) is 4.79 Å². The summed E-state index contributed by atoms with van der Waals surface area (Å²) in [7, 11) is 0. The van der Waals surface area contributed by atoms with Gasteiger partial charge < -0.3 is 15.3 Å². The Labute approximate surface area is 110 Å². The molecule has 0 aromatic rings. The first-order valence-corrected chi connectivity index (χ1v) is 6.68. The van der Waals surface area contributed by atoms with Crippen molar-refractivity contribution in [2.75, 3.05) is 6.54 Å². The second-order valence-electron chi connectivity index (χ2n) is 4.69. The van der Waals surface area contributed by atoms with E-state index in [1.165, 1.54) is 0 Å². The molecule has 0 bridgehead atoms. The summed E-state index contributed by atoms with van der Waals surface area (Å²) in [6, 6.07) is -0.999. The van der Waals surface area contributed by atoms with Gasteiger partial charge in [0.05, 0.1) is 0 Å². The second-order valence-corrected chi connectivity index (χ2v) is 4.69. The number of rotatable bonds is 7. The van der Waals surface area contributed by atoms with Crippen molar-refractivity contribution in [3.05, 3.63) is 0 Å². The first-order valence-electron chi connectivity index (χ1n) is 6.68. The van der Waals surface area contributed by atoms with E-state index in [2.05, 4.69) is 5.32 Å². The molecule has 18 heavy (non-hydrogen) atoms. The van der Waals surface area contributed by atoms with E-state index in [-0.39, 0.29) is 18.0 Å². The lowest BCUT2D eigenvalue weighted by atomic mass is 9.99. The number of hydrogen-bond acceptors (Lipinski definition) is 2. The minimum Gasteiger partial charge on any atom is -0.480 e. The first kappa shape index (κ1) is 16.7. The van der Waals surface area contributed by atoms with Crippen LogP contribution in [0, 0.1) is 5.92 Å². The SMILES string of the molecule is CCC(C)C(NC(=O)N(CC)C(C)CC)C(=O)O. The third-order valence-electron chi connectivity index (χ3n) is 3.48. The number of aliphatic carboxylic acids is 1.